The highest BCUT2D eigenvalue weighted by Gasteiger charge is 2.21. The monoisotopic (exact) mass is 370 g/mol. The number of aromatic nitrogens is 1. The van der Waals surface area contributed by atoms with Gasteiger partial charge in [-0.3, -0.25) is 4.79 Å². The van der Waals surface area contributed by atoms with E-state index in [0.29, 0.717) is 12.2 Å². The van der Waals surface area contributed by atoms with Gasteiger partial charge in [-0.05, 0) is 48.6 Å². The first-order valence-corrected chi connectivity index (χ1v) is 9.51. The molecule has 1 amide bonds. The Hall–Kier alpha value is -2.60. The number of thiophene rings is 1. The molecular formula is C20H22N2O3S. The Morgan fingerprint density at radius 1 is 1.19 bits per heavy atom. The Morgan fingerprint density at radius 3 is 2.69 bits per heavy atom. The molecule has 5 nitrogen and oxygen atoms in total. The molecule has 0 radical (unpaired) electrons. The quantitative estimate of drug-likeness (QED) is 0.614. The van der Waals surface area contributed by atoms with E-state index in [0.717, 1.165) is 22.3 Å². The maximum Gasteiger partial charge on any atom is 0.354 e. The second-order valence-electron chi connectivity index (χ2n) is 5.94. The van der Waals surface area contributed by atoms with Gasteiger partial charge in [-0.1, -0.05) is 19.1 Å². The summed E-state index contributed by atoms with van der Waals surface area (Å²) < 4.78 is 7.59. The predicted molar refractivity (Wildman–Crippen MR) is 105 cm³/mol. The zero-order valence-corrected chi connectivity index (χ0v) is 16.0. The number of fused-ring (bicyclic) bond motifs is 1. The van der Waals surface area contributed by atoms with E-state index in [-0.39, 0.29) is 12.5 Å². The van der Waals surface area contributed by atoms with Gasteiger partial charge >= 0.3 is 5.97 Å². The predicted octanol–water partition coefficient (Wildman–Crippen LogP) is 4.10. The SMILES string of the molecule is CCc1cccc(N(CC)C(=O)Cn2c(C(=O)OC)cc3sccc32)c1. The molecule has 0 fully saturated rings. The van der Waals surface area contributed by atoms with Crippen molar-refractivity contribution in [3.05, 3.63) is 53.0 Å². The van der Waals surface area contributed by atoms with Crippen LogP contribution in [0.5, 0.6) is 0 Å². The molecule has 6 heteroatoms. The molecular weight excluding hydrogens is 348 g/mol. The van der Waals surface area contributed by atoms with Crippen molar-refractivity contribution in [2.75, 3.05) is 18.6 Å². The fourth-order valence-electron chi connectivity index (χ4n) is 3.09. The number of carbonyl (C=O) groups excluding carboxylic acids is 2. The normalized spacial score (nSPS) is 10.9. The summed E-state index contributed by atoms with van der Waals surface area (Å²) >= 11 is 1.54. The van der Waals surface area contributed by atoms with Crippen LogP contribution in [0.1, 0.15) is 29.9 Å². The number of esters is 1. The van der Waals surface area contributed by atoms with Crippen LogP contribution in [0.3, 0.4) is 0 Å². The molecule has 0 aliphatic heterocycles. The van der Waals surface area contributed by atoms with Crippen LogP contribution in [-0.2, 0) is 22.5 Å². The molecule has 0 unspecified atom stereocenters. The van der Waals surface area contributed by atoms with E-state index in [2.05, 4.69) is 13.0 Å². The molecule has 0 bridgehead atoms. The largest absolute Gasteiger partial charge is 0.464 e. The molecule has 2 aromatic heterocycles. The average molecular weight is 370 g/mol. The first-order chi connectivity index (χ1) is 12.6. The van der Waals surface area contributed by atoms with Gasteiger partial charge in [0.05, 0.1) is 17.3 Å². The van der Waals surface area contributed by atoms with Crippen LogP contribution in [0.4, 0.5) is 5.69 Å². The smallest absolute Gasteiger partial charge is 0.354 e. The second kappa shape index (κ2) is 7.74. The number of benzene rings is 1. The minimum atomic E-state index is -0.433. The average Bonchev–Trinajstić information content (AvgIpc) is 3.24. The first kappa shape index (κ1) is 18.2. The Labute approximate surface area is 156 Å². The number of rotatable bonds is 6. The van der Waals surface area contributed by atoms with Gasteiger partial charge in [-0.2, -0.15) is 0 Å². The third kappa shape index (κ3) is 3.37. The van der Waals surface area contributed by atoms with Gasteiger partial charge in [-0.15, -0.1) is 11.3 Å². The summed E-state index contributed by atoms with van der Waals surface area (Å²) in [4.78, 5) is 26.9. The van der Waals surface area contributed by atoms with Gasteiger partial charge in [-0.25, -0.2) is 4.79 Å². The fourth-order valence-corrected chi connectivity index (χ4v) is 3.91. The van der Waals surface area contributed by atoms with Crippen LogP contribution in [-0.4, -0.2) is 30.1 Å². The van der Waals surface area contributed by atoms with Crippen molar-refractivity contribution in [2.24, 2.45) is 0 Å². The van der Waals surface area contributed by atoms with Crippen molar-refractivity contribution in [1.82, 2.24) is 4.57 Å². The number of likely N-dealkylation sites (N-methyl/N-ethyl adjacent to an activating group) is 1. The van der Waals surface area contributed by atoms with Crippen LogP contribution in [0.2, 0.25) is 0 Å². The Balaban J connectivity index is 1.94. The molecule has 2 heterocycles. The van der Waals surface area contributed by atoms with Gasteiger partial charge in [0.15, 0.2) is 0 Å². The molecule has 0 aliphatic rings. The van der Waals surface area contributed by atoms with E-state index in [1.165, 1.54) is 24.0 Å². The van der Waals surface area contributed by atoms with Gasteiger partial charge in [0, 0.05) is 12.2 Å². The summed E-state index contributed by atoms with van der Waals surface area (Å²) in [6.07, 6.45) is 0.916. The van der Waals surface area contributed by atoms with E-state index in [1.54, 1.807) is 15.5 Å². The molecule has 136 valence electrons. The molecule has 0 atom stereocenters. The lowest BCUT2D eigenvalue weighted by Crippen LogP contribution is -2.34. The zero-order valence-electron chi connectivity index (χ0n) is 15.2. The molecule has 0 spiro atoms. The first-order valence-electron chi connectivity index (χ1n) is 8.63. The van der Waals surface area contributed by atoms with E-state index in [1.807, 2.05) is 36.6 Å². The molecule has 0 saturated heterocycles. The van der Waals surface area contributed by atoms with Crippen molar-refractivity contribution in [2.45, 2.75) is 26.8 Å². The summed E-state index contributed by atoms with van der Waals surface area (Å²) in [5.74, 6) is -0.494. The molecule has 1 aromatic carbocycles. The summed E-state index contributed by atoms with van der Waals surface area (Å²) in [7, 11) is 1.35. The summed E-state index contributed by atoms with van der Waals surface area (Å²) in [5, 5.41) is 1.95. The highest BCUT2D eigenvalue weighted by Crippen LogP contribution is 2.26. The third-order valence-corrected chi connectivity index (χ3v) is 5.31. The number of amides is 1. The maximum atomic E-state index is 13.0. The molecule has 0 saturated carbocycles. The second-order valence-corrected chi connectivity index (χ2v) is 6.89. The number of aryl methyl sites for hydroxylation is 1. The molecule has 3 aromatic rings. The van der Waals surface area contributed by atoms with Crippen molar-refractivity contribution in [3.8, 4) is 0 Å². The highest BCUT2D eigenvalue weighted by atomic mass is 32.1. The number of anilines is 1. The standard InChI is InChI=1S/C20H22N2O3S/c1-4-14-7-6-8-15(11-14)21(5-2)19(23)13-22-16-9-10-26-18(16)12-17(22)20(24)25-3/h6-12H,4-5,13H2,1-3H3. The topological polar surface area (TPSA) is 51.5 Å². The Kier molecular flexibility index (Phi) is 5.42. The minimum Gasteiger partial charge on any atom is -0.464 e. The van der Waals surface area contributed by atoms with Crippen LogP contribution in [0.15, 0.2) is 41.8 Å². The lowest BCUT2D eigenvalue weighted by atomic mass is 10.1. The molecule has 26 heavy (non-hydrogen) atoms. The van der Waals surface area contributed by atoms with E-state index < -0.39 is 5.97 Å². The summed E-state index contributed by atoms with van der Waals surface area (Å²) in [6.45, 7) is 4.70. The van der Waals surface area contributed by atoms with E-state index >= 15 is 0 Å². The number of methoxy groups -OCH3 is 1. The van der Waals surface area contributed by atoms with Gasteiger partial charge in [0.1, 0.15) is 12.2 Å². The van der Waals surface area contributed by atoms with Crippen LogP contribution < -0.4 is 4.90 Å². The van der Waals surface area contributed by atoms with Crippen LogP contribution in [0, 0.1) is 0 Å². The van der Waals surface area contributed by atoms with Gasteiger partial charge in [0.2, 0.25) is 5.91 Å². The lowest BCUT2D eigenvalue weighted by Gasteiger charge is -2.22. The van der Waals surface area contributed by atoms with Crippen molar-refractivity contribution in [1.29, 1.82) is 0 Å². The van der Waals surface area contributed by atoms with Gasteiger partial charge < -0.3 is 14.2 Å². The van der Waals surface area contributed by atoms with Crippen molar-refractivity contribution >= 4 is 39.1 Å². The third-order valence-electron chi connectivity index (χ3n) is 4.46. The van der Waals surface area contributed by atoms with E-state index in [4.69, 9.17) is 4.74 Å². The van der Waals surface area contributed by atoms with Gasteiger partial charge in [0.25, 0.3) is 0 Å². The number of hydrogen-bond acceptors (Lipinski definition) is 4. The lowest BCUT2D eigenvalue weighted by molar-refractivity contribution is -0.119. The molecule has 0 aliphatic carbocycles. The number of ether oxygens (including phenoxy) is 1. The maximum absolute atomic E-state index is 13.0. The fraction of sp³-hybridized carbons (Fsp3) is 0.300. The molecule has 3 rings (SSSR count). The summed E-state index contributed by atoms with van der Waals surface area (Å²) in [5.41, 5.74) is 3.35. The minimum absolute atomic E-state index is 0.0605. The van der Waals surface area contributed by atoms with Crippen LogP contribution in [0.25, 0.3) is 10.2 Å². The highest BCUT2D eigenvalue weighted by molar-refractivity contribution is 7.17. The van der Waals surface area contributed by atoms with E-state index in [9.17, 15) is 9.59 Å². The summed E-state index contributed by atoms with van der Waals surface area (Å²) in [6, 6.07) is 11.7. The Bertz CT molecular complexity index is 942. The van der Waals surface area contributed by atoms with Crippen LogP contribution >= 0.6 is 11.3 Å². The number of carbonyl (C=O) groups is 2. The zero-order chi connectivity index (χ0) is 18.7. The molecule has 0 N–H and O–H groups in total. The van der Waals surface area contributed by atoms with Crippen molar-refractivity contribution in [3.63, 3.8) is 0 Å². The number of hydrogen-bond donors (Lipinski definition) is 0. The van der Waals surface area contributed by atoms with Crippen molar-refractivity contribution < 1.29 is 14.3 Å². The number of nitrogens with zero attached hydrogens (tertiary/aromatic N) is 2. The Morgan fingerprint density at radius 2 is 2.00 bits per heavy atom.